The van der Waals surface area contributed by atoms with Gasteiger partial charge in [-0.3, -0.25) is 0 Å². The molecule has 0 aromatic rings. The second-order valence-electron chi connectivity index (χ2n) is 2.25. The molecule has 0 heterocycles. The van der Waals surface area contributed by atoms with E-state index in [2.05, 4.69) is 36.5 Å². The van der Waals surface area contributed by atoms with Crippen LogP contribution in [0.4, 0.5) is 0 Å². The van der Waals surface area contributed by atoms with Crippen molar-refractivity contribution in [2.24, 2.45) is 0 Å². The van der Waals surface area contributed by atoms with Gasteiger partial charge in [-0.2, -0.15) is 0 Å². The van der Waals surface area contributed by atoms with Gasteiger partial charge >= 0.3 is 0 Å². The average molecular weight is 123 g/mol. The van der Waals surface area contributed by atoms with Crippen molar-refractivity contribution in [1.29, 1.82) is 0 Å². The minimum absolute atomic E-state index is 0.505. The van der Waals surface area contributed by atoms with Crippen LogP contribution in [0.2, 0.25) is 0 Å². The van der Waals surface area contributed by atoms with E-state index in [0.717, 1.165) is 6.54 Å². The average Bonchev–Trinajstić information content (AvgIpc) is 2.34. The number of nitrogens with one attached hydrogen (secondary N) is 1. The molecule has 1 heteroatoms. The lowest BCUT2D eigenvalue weighted by molar-refractivity contribution is 0.664. The molecule has 1 N–H and O–H groups in total. The second kappa shape index (κ2) is 3.46. The van der Waals surface area contributed by atoms with Gasteiger partial charge in [0.25, 0.3) is 0 Å². The van der Waals surface area contributed by atoms with Crippen molar-refractivity contribution in [2.75, 3.05) is 6.54 Å². The standard InChI is InChI=1S/C8H13N/c1-2-7-9-8-5-3-4-6-8/h3-6,8-9H,2,7H2,1H3. The third-order valence-electron chi connectivity index (χ3n) is 1.38. The van der Waals surface area contributed by atoms with E-state index in [-0.39, 0.29) is 0 Å². The lowest BCUT2D eigenvalue weighted by atomic mass is 10.3. The zero-order valence-electron chi connectivity index (χ0n) is 5.80. The topological polar surface area (TPSA) is 12.0 Å². The third kappa shape index (κ3) is 2.02. The number of hydrogen-bond acceptors (Lipinski definition) is 1. The zero-order valence-corrected chi connectivity index (χ0v) is 5.80. The monoisotopic (exact) mass is 123 g/mol. The summed E-state index contributed by atoms with van der Waals surface area (Å²) in [5.41, 5.74) is 0. The summed E-state index contributed by atoms with van der Waals surface area (Å²) < 4.78 is 0. The van der Waals surface area contributed by atoms with Gasteiger partial charge in [-0.15, -0.1) is 0 Å². The highest BCUT2D eigenvalue weighted by atomic mass is 14.9. The first kappa shape index (κ1) is 6.56. The van der Waals surface area contributed by atoms with Gasteiger partial charge in [-0.25, -0.2) is 0 Å². The molecular formula is C8H13N. The van der Waals surface area contributed by atoms with Crippen LogP contribution in [0.3, 0.4) is 0 Å². The van der Waals surface area contributed by atoms with Gasteiger partial charge in [0, 0.05) is 6.04 Å². The van der Waals surface area contributed by atoms with Crippen LogP contribution >= 0.6 is 0 Å². The van der Waals surface area contributed by atoms with Crippen molar-refractivity contribution in [3.8, 4) is 0 Å². The highest BCUT2D eigenvalue weighted by molar-refractivity contribution is 5.21. The van der Waals surface area contributed by atoms with Crippen LogP contribution in [0.25, 0.3) is 0 Å². The van der Waals surface area contributed by atoms with Crippen LogP contribution in [-0.2, 0) is 0 Å². The van der Waals surface area contributed by atoms with Gasteiger partial charge in [0.1, 0.15) is 0 Å². The molecule has 0 radical (unpaired) electrons. The van der Waals surface area contributed by atoms with E-state index in [9.17, 15) is 0 Å². The lowest BCUT2D eigenvalue weighted by Gasteiger charge is -2.05. The molecule has 0 fully saturated rings. The predicted octanol–water partition coefficient (Wildman–Crippen LogP) is 1.48. The minimum Gasteiger partial charge on any atom is -0.307 e. The Morgan fingerprint density at radius 1 is 1.33 bits per heavy atom. The van der Waals surface area contributed by atoms with E-state index in [1.165, 1.54) is 6.42 Å². The molecular weight excluding hydrogens is 110 g/mol. The van der Waals surface area contributed by atoms with E-state index in [1.54, 1.807) is 0 Å². The fourth-order valence-electron chi connectivity index (χ4n) is 0.879. The largest absolute Gasteiger partial charge is 0.307 e. The summed E-state index contributed by atoms with van der Waals surface area (Å²) in [6, 6.07) is 0.505. The molecule has 1 aliphatic rings. The van der Waals surface area contributed by atoms with E-state index >= 15 is 0 Å². The van der Waals surface area contributed by atoms with Gasteiger partial charge in [-0.1, -0.05) is 31.2 Å². The molecule has 0 unspecified atom stereocenters. The molecule has 0 aromatic heterocycles. The van der Waals surface area contributed by atoms with Crippen molar-refractivity contribution in [3.05, 3.63) is 24.3 Å². The van der Waals surface area contributed by atoms with E-state index in [1.807, 2.05) is 0 Å². The summed E-state index contributed by atoms with van der Waals surface area (Å²) in [5, 5.41) is 3.36. The molecule has 0 spiro atoms. The van der Waals surface area contributed by atoms with E-state index < -0.39 is 0 Å². The Balaban J connectivity index is 2.13. The summed E-state index contributed by atoms with van der Waals surface area (Å²) in [4.78, 5) is 0. The maximum absolute atomic E-state index is 3.36. The molecule has 0 amide bonds. The first-order valence-corrected chi connectivity index (χ1v) is 3.52. The molecule has 0 aromatic carbocycles. The summed E-state index contributed by atoms with van der Waals surface area (Å²) in [6.45, 7) is 3.29. The molecule has 0 saturated heterocycles. The van der Waals surface area contributed by atoms with Crippen LogP contribution in [0.1, 0.15) is 13.3 Å². The van der Waals surface area contributed by atoms with Crippen molar-refractivity contribution in [2.45, 2.75) is 19.4 Å². The number of rotatable bonds is 3. The maximum Gasteiger partial charge on any atom is 0.0441 e. The van der Waals surface area contributed by atoms with Crippen molar-refractivity contribution in [3.63, 3.8) is 0 Å². The van der Waals surface area contributed by atoms with Crippen LogP contribution in [0, 0.1) is 0 Å². The fraction of sp³-hybridized carbons (Fsp3) is 0.500. The highest BCUT2D eigenvalue weighted by Crippen LogP contribution is 1.97. The van der Waals surface area contributed by atoms with Crippen molar-refractivity contribution < 1.29 is 0 Å². The van der Waals surface area contributed by atoms with Gasteiger partial charge in [0.2, 0.25) is 0 Å². The Hall–Kier alpha value is -0.560. The number of allylic oxidation sites excluding steroid dienone is 2. The first-order valence-electron chi connectivity index (χ1n) is 3.52. The lowest BCUT2D eigenvalue weighted by Crippen LogP contribution is -2.24. The van der Waals surface area contributed by atoms with E-state index in [4.69, 9.17) is 0 Å². The Morgan fingerprint density at radius 3 is 2.56 bits per heavy atom. The van der Waals surface area contributed by atoms with Crippen molar-refractivity contribution >= 4 is 0 Å². The zero-order chi connectivity index (χ0) is 6.53. The second-order valence-corrected chi connectivity index (χ2v) is 2.25. The molecule has 9 heavy (non-hydrogen) atoms. The first-order chi connectivity index (χ1) is 4.43. The molecule has 1 nitrogen and oxygen atoms in total. The SMILES string of the molecule is CCCNC1C=CC=C1. The van der Waals surface area contributed by atoms with Crippen molar-refractivity contribution in [1.82, 2.24) is 5.32 Å². The van der Waals surface area contributed by atoms with Crippen LogP contribution in [0.5, 0.6) is 0 Å². The Labute approximate surface area is 56.5 Å². The summed E-state index contributed by atoms with van der Waals surface area (Å²) in [5.74, 6) is 0. The Kier molecular flexibility index (Phi) is 2.52. The summed E-state index contributed by atoms with van der Waals surface area (Å²) in [7, 11) is 0. The Morgan fingerprint density at radius 2 is 2.00 bits per heavy atom. The van der Waals surface area contributed by atoms with Crippen LogP contribution in [0.15, 0.2) is 24.3 Å². The molecule has 0 atom stereocenters. The summed E-state index contributed by atoms with van der Waals surface area (Å²) >= 11 is 0. The Bertz CT molecular complexity index is 113. The molecule has 50 valence electrons. The molecule has 1 aliphatic carbocycles. The predicted molar refractivity (Wildman–Crippen MR) is 40.4 cm³/mol. The summed E-state index contributed by atoms with van der Waals surface area (Å²) in [6.07, 6.45) is 9.68. The maximum atomic E-state index is 3.36. The minimum atomic E-state index is 0.505. The number of hydrogen-bond donors (Lipinski definition) is 1. The molecule has 0 aliphatic heterocycles. The van der Waals surface area contributed by atoms with Gasteiger partial charge in [-0.05, 0) is 13.0 Å². The third-order valence-corrected chi connectivity index (χ3v) is 1.38. The molecule has 0 bridgehead atoms. The van der Waals surface area contributed by atoms with Crippen LogP contribution < -0.4 is 5.32 Å². The van der Waals surface area contributed by atoms with E-state index in [0.29, 0.717) is 6.04 Å². The quantitative estimate of drug-likeness (QED) is 0.599. The van der Waals surface area contributed by atoms with Gasteiger partial charge in [0.05, 0.1) is 0 Å². The highest BCUT2D eigenvalue weighted by Gasteiger charge is 1.98. The smallest absolute Gasteiger partial charge is 0.0441 e. The molecule has 1 rings (SSSR count). The van der Waals surface area contributed by atoms with Crippen LogP contribution in [-0.4, -0.2) is 12.6 Å². The van der Waals surface area contributed by atoms with Gasteiger partial charge < -0.3 is 5.32 Å². The normalized spacial score (nSPS) is 17.4. The fourth-order valence-corrected chi connectivity index (χ4v) is 0.879. The van der Waals surface area contributed by atoms with Gasteiger partial charge in [0.15, 0.2) is 0 Å². The molecule has 0 saturated carbocycles.